The number of rotatable bonds is 5. The Morgan fingerprint density at radius 3 is 2.95 bits per heavy atom. The molecule has 0 spiro atoms. The molecule has 108 valence electrons. The molecule has 1 aliphatic heterocycles. The molecule has 1 fully saturated rings. The van der Waals surface area contributed by atoms with Gasteiger partial charge in [0.1, 0.15) is 11.9 Å². The Morgan fingerprint density at radius 2 is 2.30 bits per heavy atom. The van der Waals surface area contributed by atoms with Gasteiger partial charge in [-0.3, -0.25) is 9.59 Å². The first-order valence-electron chi connectivity index (χ1n) is 5.82. The molecule has 0 saturated carbocycles. The van der Waals surface area contributed by atoms with Gasteiger partial charge in [0.05, 0.1) is 10.0 Å². The van der Waals surface area contributed by atoms with Gasteiger partial charge in [0, 0.05) is 25.0 Å². The summed E-state index contributed by atoms with van der Waals surface area (Å²) in [5, 5.41) is 8.99. The van der Waals surface area contributed by atoms with Crippen molar-refractivity contribution >= 4 is 51.9 Å². The molecule has 1 atom stereocenters. The molecule has 1 aromatic heterocycles. The fourth-order valence-electron chi connectivity index (χ4n) is 1.56. The minimum Gasteiger partial charge on any atom is -0.367 e. The number of thioether (sulfide) groups is 1. The SMILES string of the molecule is O=C1N[C@@H](C(=O)NCCNc2ncc(Cl)cc2Cl)CS1. The number of nitrogens with zero attached hydrogens (tertiary/aromatic N) is 1. The van der Waals surface area contributed by atoms with Crippen LogP contribution in [0, 0.1) is 0 Å². The molecule has 2 amide bonds. The minimum atomic E-state index is -0.454. The first-order chi connectivity index (χ1) is 9.56. The first-order valence-corrected chi connectivity index (χ1v) is 7.56. The van der Waals surface area contributed by atoms with E-state index in [1.54, 1.807) is 6.07 Å². The third kappa shape index (κ3) is 4.16. The Morgan fingerprint density at radius 1 is 1.50 bits per heavy atom. The van der Waals surface area contributed by atoms with Gasteiger partial charge in [0.15, 0.2) is 0 Å². The zero-order valence-corrected chi connectivity index (χ0v) is 12.6. The van der Waals surface area contributed by atoms with Gasteiger partial charge in [-0.1, -0.05) is 35.0 Å². The van der Waals surface area contributed by atoms with Crippen LogP contribution in [0.4, 0.5) is 10.6 Å². The lowest BCUT2D eigenvalue weighted by Crippen LogP contribution is -2.44. The van der Waals surface area contributed by atoms with Gasteiger partial charge >= 0.3 is 0 Å². The summed E-state index contributed by atoms with van der Waals surface area (Å²) in [6, 6.07) is 1.13. The predicted octanol–water partition coefficient (Wildman–Crippen LogP) is 1.74. The lowest BCUT2D eigenvalue weighted by molar-refractivity contribution is -0.122. The second-order valence-corrected chi connectivity index (χ2v) is 5.83. The summed E-state index contributed by atoms with van der Waals surface area (Å²) < 4.78 is 0. The summed E-state index contributed by atoms with van der Waals surface area (Å²) in [6.45, 7) is 0.865. The summed E-state index contributed by atoms with van der Waals surface area (Å²) in [6.07, 6.45) is 1.49. The summed E-state index contributed by atoms with van der Waals surface area (Å²) in [5.74, 6) is 0.776. The molecule has 2 heterocycles. The van der Waals surface area contributed by atoms with Crippen molar-refractivity contribution in [3.05, 3.63) is 22.3 Å². The molecular weight excluding hydrogens is 323 g/mol. The van der Waals surface area contributed by atoms with Crippen LogP contribution in [-0.2, 0) is 4.79 Å². The van der Waals surface area contributed by atoms with E-state index < -0.39 is 6.04 Å². The molecule has 0 unspecified atom stereocenters. The summed E-state index contributed by atoms with van der Waals surface area (Å²) in [4.78, 5) is 26.7. The standard InChI is InChI=1S/C11H12Cl2N4O2S/c12-6-3-7(13)9(16-4-6)14-1-2-15-10(18)8-5-20-11(19)17-8/h3-4,8H,1-2,5H2,(H,14,16)(H,15,18)(H,17,19)/t8-/m1/s1. The van der Waals surface area contributed by atoms with Gasteiger partial charge in [0.2, 0.25) is 5.91 Å². The van der Waals surface area contributed by atoms with E-state index >= 15 is 0 Å². The Bertz CT molecular complexity index is 529. The Hall–Kier alpha value is -1.18. The fourth-order valence-corrected chi connectivity index (χ4v) is 2.79. The molecule has 1 saturated heterocycles. The molecule has 3 N–H and O–H groups in total. The molecule has 1 aromatic rings. The van der Waals surface area contributed by atoms with E-state index in [1.165, 1.54) is 6.20 Å². The smallest absolute Gasteiger partial charge is 0.279 e. The van der Waals surface area contributed by atoms with Gasteiger partial charge in [-0.05, 0) is 6.07 Å². The molecule has 9 heteroatoms. The van der Waals surface area contributed by atoms with E-state index in [4.69, 9.17) is 23.2 Å². The van der Waals surface area contributed by atoms with Crippen LogP contribution in [0.3, 0.4) is 0 Å². The maximum Gasteiger partial charge on any atom is 0.279 e. The largest absolute Gasteiger partial charge is 0.367 e. The minimum absolute atomic E-state index is 0.166. The van der Waals surface area contributed by atoms with Crippen LogP contribution in [0.25, 0.3) is 0 Å². The van der Waals surface area contributed by atoms with Gasteiger partial charge < -0.3 is 16.0 Å². The summed E-state index contributed by atoms with van der Waals surface area (Å²) in [5.41, 5.74) is 0. The van der Waals surface area contributed by atoms with Gasteiger partial charge in [-0.2, -0.15) is 0 Å². The van der Waals surface area contributed by atoms with Crippen LogP contribution in [-0.4, -0.2) is 41.0 Å². The number of halogens is 2. The van der Waals surface area contributed by atoms with Crippen molar-refractivity contribution in [3.63, 3.8) is 0 Å². The highest BCUT2D eigenvalue weighted by Crippen LogP contribution is 2.22. The molecule has 20 heavy (non-hydrogen) atoms. The second-order valence-electron chi connectivity index (χ2n) is 4.00. The van der Waals surface area contributed by atoms with Crippen LogP contribution in [0.2, 0.25) is 10.0 Å². The Balaban J connectivity index is 1.71. The van der Waals surface area contributed by atoms with Crippen LogP contribution in [0.5, 0.6) is 0 Å². The molecule has 6 nitrogen and oxygen atoms in total. The van der Waals surface area contributed by atoms with E-state index in [1.807, 2.05) is 0 Å². The zero-order chi connectivity index (χ0) is 14.5. The normalized spacial score (nSPS) is 17.7. The highest BCUT2D eigenvalue weighted by atomic mass is 35.5. The monoisotopic (exact) mass is 334 g/mol. The third-order valence-electron chi connectivity index (χ3n) is 2.51. The summed E-state index contributed by atoms with van der Waals surface area (Å²) in [7, 11) is 0. The zero-order valence-electron chi connectivity index (χ0n) is 10.3. The van der Waals surface area contributed by atoms with Crippen molar-refractivity contribution in [1.29, 1.82) is 0 Å². The van der Waals surface area contributed by atoms with Crippen molar-refractivity contribution in [3.8, 4) is 0 Å². The second kappa shape index (κ2) is 7.01. The molecule has 1 aliphatic rings. The average molecular weight is 335 g/mol. The predicted molar refractivity (Wildman–Crippen MR) is 80.5 cm³/mol. The van der Waals surface area contributed by atoms with Crippen LogP contribution in [0.15, 0.2) is 12.3 Å². The first kappa shape index (κ1) is 15.2. The van der Waals surface area contributed by atoms with Crippen molar-refractivity contribution < 1.29 is 9.59 Å². The fraction of sp³-hybridized carbons (Fsp3) is 0.364. The van der Waals surface area contributed by atoms with Crippen molar-refractivity contribution in [2.45, 2.75) is 6.04 Å². The van der Waals surface area contributed by atoms with Crippen molar-refractivity contribution in [2.75, 3.05) is 24.2 Å². The quantitative estimate of drug-likeness (QED) is 0.714. The van der Waals surface area contributed by atoms with E-state index in [0.717, 1.165) is 11.8 Å². The van der Waals surface area contributed by atoms with Crippen molar-refractivity contribution in [2.24, 2.45) is 0 Å². The summed E-state index contributed by atoms with van der Waals surface area (Å²) >= 11 is 12.8. The van der Waals surface area contributed by atoms with Crippen LogP contribution >= 0.6 is 35.0 Å². The average Bonchev–Trinajstić information content (AvgIpc) is 2.83. The number of carbonyl (C=O) groups excluding carboxylic acids is 2. The van der Waals surface area contributed by atoms with Crippen molar-refractivity contribution in [1.82, 2.24) is 15.6 Å². The van der Waals surface area contributed by atoms with E-state index in [-0.39, 0.29) is 11.1 Å². The van der Waals surface area contributed by atoms with Crippen LogP contribution < -0.4 is 16.0 Å². The highest BCUT2D eigenvalue weighted by molar-refractivity contribution is 8.14. The number of amides is 2. The molecule has 0 aliphatic carbocycles. The number of carbonyl (C=O) groups is 2. The number of hydrogen-bond donors (Lipinski definition) is 3. The Kier molecular flexibility index (Phi) is 5.33. The lowest BCUT2D eigenvalue weighted by Gasteiger charge is -2.11. The number of anilines is 1. The van der Waals surface area contributed by atoms with E-state index in [9.17, 15) is 9.59 Å². The number of aromatic nitrogens is 1. The number of pyridine rings is 1. The maximum absolute atomic E-state index is 11.7. The number of nitrogens with one attached hydrogen (secondary N) is 3. The molecular formula is C11H12Cl2N4O2S. The maximum atomic E-state index is 11.7. The van der Waals surface area contributed by atoms with E-state index in [0.29, 0.717) is 34.7 Å². The molecule has 2 rings (SSSR count). The third-order valence-corrected chi connectivity index (χ3v) is 3.89. The van der Waals surface area contributed by atoms with Gasteiger partial charge in [-0.15, -0.1) is 0 Å². The van der Waals surface area contributed by atoms with Crippen LogP contribution in [0.1, 0.15) is 0 Å². The number of hydrogen-bond acceptors (Lipinski definition) is 5. The van der Waals surface area contributed by atoms with Gasteiger partial charge in [-0.25, -0.2) is 4.98 Å². The Labute approximate surface area is 130 Å². The molecule has 0 aromatic carbocycles. The van der Waals surface area contributed by atoms with E-state index in [2.05, 4.69) is 20.9 Å². The lowest BCUT2D eigenvalue weighted by atomic mass is 10.3. The topological polar surface area (TPSA) is 83.1 Å². The highest BCUT2D eigenvalue weighted by Gasteiger charge is 2.27. The van der Waals surface area contributed by atoms with Gasteiger partial charge in [0.25, 0.3) is 5.24 Å². The molecule has 0 bridgehead atoms. The molecule has 0 radical (unpaired) electrons.